The van der Waals surface area contributed by atoms with Gasteiger partial charge in [-0.25, -0.2) is 0 Å². The normalized spacial score (nSPS) is 28.7. The molecule has 1 aliphatic carbocycles. The van der Waals surface area contributed by atoms with E-state index in [1.165, 1.54) is 6.07 Å². The zero-order chi connectivity index (χ0) is 11.5. The number of halogens is 3. The second-order valence-electron chi connectivity index (χ2n) is 4.25. The number of hydrogen-bond acceptors (Lipinski definition) is 2. The average Bonchev–Trinajstić information content (AvgIpc) is 2.50. The summed E-state index contributed by atoms with van der Waals surface area (Å²) in [5.41, 5.74) is 0. The third-order valence-electron chi connectivity index (χ3n) is 2.86. The first-order chi connectivity index (χ1) is 6.93. The van der Waals surface area contributed by atoms with Gasteiger partial charge in [0, 0.05) is 12.6 Å². The fourth-order valence-electron chi connectivity index (χ4n) is 1.91. The molecule has 3 atom stereocenters. The van der Waals surface area contributed by atoms with Gasteiger partial charge in [-0.3, -0.25) is 0 Å². The number of hydrogen-bond donors (Lipinski definition) is 1. The highest BCUT2D eigenvalue weighted by molar-refractivity contribution is 4.91. The van der Waals surface area contributed by atoms with Crippen molar-refractivity contribution in [1.29, 1.82) is 5.26 Å². The van der Waals surface area contributed by atoms with E-state index < -0.39 is 12.1 Å². The number of nitrogens with zero attached hydrogens (tertiary/aromatic N) is 1. The van der Waals surface area contributed by atoms with Crippen molar-refractivity contribution < 1.29 is 13.2 Å². The maximum atomic E-state index is 12.2. The first-order valence-electron chi connectivity index (χ1n) is 5.13. The van der Waals surface area contributed by atoms with Gasteiger partial charge in [0.1, 0.15) is 0 Å². The molecule has 0 amide bonds. The predicted molar refractivity (Wildman–Crippen MR) is 50.0 cm³/mol. The van der Waals surface area contributed by atoms with Crippen LogP contribution in [0.5, 0.6) is 0 Å². The lowest BCUT2D eigenvalue weighted by Crippen LogP contribution is -2.37. The van der Waals surface area contributed by atoms with Crippen molar-refractivity contribution in [3.8, 4) is 6.07 Å². The first kappa shape index (κ1) is 12.3. The van der Waals surface area contributed by atoms with Gasteiger partial charge in [-0.15, -0.1) is 0 Å². The second-order valence-corrected chi connectivity index (χ2v) is 4.25. The largest absolute Gasteiger partial charge is 0.405 e. The Morgan fingerprint density at radius 2 is 2.13 bits per heavy atom. The van der Waals surface area contributed by atoms with Crippen LogP contribution in [0.2, 0.25) is 0 Å². The Labute approximate surface area is 87.5 Å². The summed E-state index contributed by atoms with van der Waals surface area (Å²) in [5.74, 6) is -1.30. The van der Waals surface area contributed by atoms with Gasteiger partial charge in [-0.2, -0.15) is 18.4 Å². The Balaban J connectivity index is 2.33. The SMILES string of the molecule is CC1CCC(NCC(C#N)C(F)(F)F)C1. The topological polar surface area (TPSA) is 35.8 Å². The zero-order valence-electron chi connectivity index (χ0n) is 8.64. The van der Waals surface area contributed by atoms with Gasteiger partial charge in [0.2, 0.25) is 0 Å². The molecule has 2 nitrogen and oxygen atoms in total. The maximum Gasteiger partial charge on any atom is 0.405 e. The summed E-state index contributed by atoms with van der Waals surface area (Å²) >= 11 is 0. The molecule has 0 aromatic rings. The van der Waals surface area contributed by atoms with Gasteiger partial charge >= 0.3 is 6.18 Å². The molecule has 1 aliphatic rings. The summed E-state index contributed by atoms with van der Waals surface area (Å²) < 4.78 is 36.6. The predicted octanol–water partition coefficient (Wildman–Crippen LogP) is 2.47. The Bertz CT molecular complexity index is 244. The fraction of sp³-hybridized carbons (Fsp3) is 0.900. The Morgan fingerprint density at radius 3 is 2.53 bits per heavy atom. The molecular weight excluding hydrogens is 205 g/mol. The molecule has 86 valence electrons. The van der Waals surface area contributed by atoms with E-state index in [9.17, 15) is 13.2 Å². The Kier molecular flexibility index (Phi) is 3.97. The Morgan fingerprint density at radius 1 is 1.47 bits per heavy atom. The van der Waals surface area contributed by atoms with Gasteiger partial charge < -0.3 is 5.32 Å². The lowest BCUT2D eigenvalue weighted by Gasteiger charge is -2.17. The van der Waals surface area contributed by atoms with Crippen LogP contribution in [0.1, 0.15) is 26.2 Å². The molecule has 0 radical (unpaired) electrons. The van der Waals surface area contributed by atoms with Crippen LogP contribution in [0.4, 0.5) is 13.2 Å². The van der Waals surface area contributed by atoms with E-state index >= 15 is 0 Å². The van der Waals surface area contributed by atoms with Gasteiger partial charge in [0.05, 0.1) is 6.07 Å². The summed E-state index contributed by atoms with van der Waals surface area (Å²) in [4.78, 5) is 0. The monoisotopic (exact) mass is 220 g/mol. The Hall–Kier alpha value is -0.760. The summed E-state index contributed by atoms with van der Waals surface area (Å²) in [5, 5.41) is 11.2. The third kappa shape index (κ3) is 3.71. The summed E-state index contributed by atoms with van der Waals surface area (Å²) in [6.07, 6.45) is -1.53. The minimum absolute atomic E-state index is 0.151. The average molecular weight is 220 g/mol. The minimum atomic E-state index is -4.41. The van der Waals surface area contributed by atoms with Crippen LogP contribution in [0.25, 0.3) is 0 Å². The van der Waals surface area contributed by atoms with E-state index in [-0.39, 0.29) is 12.6 Å². The van der Waals surface area contributed by atoms with E-state index in [4.69, 9.17) is 5.26 Å². The van der Waals surface area contributed by atoms with Crippen LogP contribution in [0.15, 0.2) is 0 Å². The minimum Gasteiger partial charge on any atom is -0.312 e. The van der Waals surface area contributed by atoms with Crippen LogP contribution in [-0.4, -0.2) is 18.8 Å². The van der Waals surface area contributed by atoms with E-state index in [2.05, 4.69) is 12.2 Å². The molecule has 0 heterocycles. The lowest BCUT2D eigenvalue weighted by atomic mass is 10.1. The molecule has 0 spiro atoms. The highest BCUT2D eigenvalue weighted by Crippen LogP contribution is 2.27. The van der Waals surface area contributed by atoms with Crippen molar-refractivity contribution in [3.63, 3.8) is 0 Å². The van der Waals surface area contributed by atoms with Crippen LogP contribution in [0, 0.1) is 23.2 Å². The number of nitrogens with one attached hydrogen (secondary N) is 1. The summed E-state index contributed by atoms with van der Waals surface area (Å²) in [7, 11) is 0. The smallest absolute Gasteiger partial charge is 0.312 e. The molecule has 3 unspecified atom stereocenters. The third-order valence-corrected chi connectivity index (χ3v) is 2.86. The highest BCUT2D eigenvalue weighted by Gasteiger charge is 2.40. The first-order valence-corrected chi connectivity index (χ1v) is 5.13. The molecular formula is C10H15F3N2. The van der Waals surface area contributed by atoms with E-state index in [0.29, 0.717) is 5.92 Å². The number of rotatable bonds is 3. The van der Waals surface area contributed by atoms with E-state index in [0.717, 1.165) is 19.3 Å². The van der Waals surface area contributed by atoms with Gasteiger partial charge in [0.25, 0.3) is 0 Å². The molecule has 0 bridgehead atoms. The van der Waals surface area contributed by atoms with E-state index in [1.54, 1.807) is 0 Å². The molecule has 0 aromatic heterocycles. The quantitative estimate of drug-likeness (QED) is 0.793. The molecule has 0 aromatic carbocycles. The van der Waals surface area contributed by atoms with Gasteiger partial charge in [0.15, 0.2) is 5.92 Å². The standard InChI is InChI=1S/C10H15F3N2/c1-7-2-3-9(4-7)15-6-8(5-14)10(11,12)13/h7-9,15H,2-4,6H2,1H3. The fourth-order valence-corrected chi connectivity index (χ4v) is 1.91. The molecule has 1 rings (SSSR count). The zero-order valence-corrected chi connectivity index (χ0v) is 8.64. The van der Waals surface area contributed by atoms with Crippen molar-refractivity contribution in [2.75, 3.05) is 6.54 Å². The molecule has 5 heteroatoms. The lowest BCUT2D eigenvalue weighted by molar-refractivity contribution is -0.157. The van der Waals surface area contributed by atoms with Crippen molar-refractivity contribution >= 4 is 0 Å². The van der Waals surface area contributed by atoms with Gasteiger partial charge in [-0.05, 0) is 25.2 Å². The number of nitriles is 1. The maximum absolute atomic E-state index is 12.2. The van der Waals surface area contributed by atoms with Crippen LogP contribution < -0.4 is 5.32 Å². The molecule has 1 N–H and O–H groups in total. The van der Waals surface area contributed by atoms with Crippen molar-refractivity contribution in [1.82, 2.24) is 5.32 Å². The van der Waals surface area contributed by atoms with E-state index in [1.807, 2.05) is 0 Å². The van der Waals surface area contributed by atoms with Crippen LogP contribution in [-0.2, 0) is 0 Å². The molecule has 1 saturated carbocycles. The number of alkyl halides is 3. The molecule has 0 saturated heterocycles. The molecule has 15 heavy (non-hydrogen) atoms. The van der Waals surface area contributed by atoms with Crippen molar-refractivity contribution in [2.45, 2.75) is 38.4 Å². The highest BCUT2D eigenvalue weighted by atomic mass is 19.4. The summed E-state index contributed by atoms with van der Waals surface area (Å²) in [6.45, 7) is 1.81. The van der Waals surface area contributed by atoms with Crippen molar-refractivity contribution in [2.24, 2.45) is 11.8 Å². The second kappa shape index (κ2) is 4.84. The van der Waals surface area contributed by atoms with Crippen LogP contribution >= 0.6 is 0 Å². The van der Waals surface area contributed by atoms with Crippen LogP contribution in [0.3, 0.4) is 0 Å². The molecule has 1 fully saturated rings. The van der Waals surface area contributed by atoms with Crippen molar-refractivity contribution in [3.05, 3.63) is 0 Å². The summed E-state index contributed by atoms with van der Waals surface area (Å²) in [6, 6.07) is 1.44. The van der Waals surface area contributed by atoms with Gasteiger partial charge in [-0.1, -0.05) is 6.92 Å². The molecule has 0 aliphatic heterocycles.